The maximum Gasteiger partial charge on any atom is 0.159 e. The molecule has 1 atom stereocenters. The Bertz CT molecular complexity index is 511. The van der Waals surface area contributed by atoms with Gasteiger partial charge in [0.2, 0.25) is 0 Å². The second-order valence-corrected chi connectivity index (χ2v) is 6.12. The summed E-state index contributed by atoms with van der Waals surface area (Å²) in [4.78, 5) is 13.8. The van der Waals surface area contributed by atoms with Crippen molar-refractivity contribution in [1.82, 2.24) is 4.90 Å². The summed E-state index contributed by atoms with van der Waals surface area (Å²) >= 11 is 0. The van der Waals surface area contributed by atoms with Gasteiger partial charge in [-0.15, -0.1) is 0 Å². The zero-order valence-electron chi connectivity index (χ0n) is 13.2. The zero-order valence-corrected chi connectivity index (χ0v) is 13.2. The molecule has 4 heteroatoms. The van der Waals surface area contributed by atoms with Crippen molar-refractivity contribution < 1.29 is 14.6 Å². The number of β-amino-alcohol motifs (C(OH)–C–C–N with tert-alkyl or cyclic N) is 1. The average molecular weight is 291 g/mol. The van der Waals surface area contributed by atoms with Gasteiger partial charge in [0.25, 0.3) is 0 Å². The van der Waals surface area contributed by atoms with Gasteiger partial charge in [-0.1, -0.05) is 0 Å². The lowest BCUT2D eigenvalue weighted by Crippen LogP contribution is -2.45. The highest BCUT2D eigenvalue weighted by molar-refractivity contribution is 5.94. The summed E-state index contributed by atoms with van der Waals surface area (Å²) in [6, 6.07) is 5.59. The predicted molar refractivity (Wildman–Crippen MR) is 82.8 cm³/mol. The van der Waals surface area contributed by atoms with E-state index in [-0.39, 0.29) is 5.78 Å². The molecular weight excluding hydrogens is 266 g/mol. The van der Waals surface area contributed by atoms with Crippen molar-refractivity contribution in [2.24, 2.45) is 0 Å². The summed E-state index contributed by atoms with van der Waals surface area (Å²) < 4.78 is 5.66. The van der Waals surface area contributed by atoms with Crippen LogP contribution in [0.3, 0.4) is 0 Å². The van der Waals surface area contributed by atoms with Gasteiger partial charge in [-0.3, -0.25) is 9.69 Å². The van der Waals surface area contributed by atoms with Crippen LogP contribution in [0.2, 0.25) is 0 Å². The molecule has 0 saturated carbocycles. The smallest absolute Gasteiger partial charge is 0.159 e. The van der Waals surface area contributed by atoms with Crippen LogP contribution in [0.25, 0.3) is 0 Å². The van der Waals surface area contributed by atoms with E-state index in [4.69, 9.17) is 4.74 Å². The van der Waals surface area contributed by atoms with E-state index in [1.807, 2.05) is 32.0 Å². The first-order valence-electron chi connectivity index (χ1n) is 7.63. The molecule has 0 radical (unpaired) electrons. The van der Waals surface area contributed by atoms with E-state index in [0.717, 1.165) is 30.7 Å². The van der Waals surface area contributed by atoms with Crippen molar-refractivity contribution in [3.63, 3.8) is 0 Å². The Morgan fingerprint density at radius 3 is 2.86 bits per heavy atom. The Morgan fingerprint density at radius 2 is 2.24 bits per heavy atom. The summed E-state index contributed by atoms with van der Waals surface area (Å²) in [5, 5.41) is 10.2. The van der Waals surface area contributed by atoms with Crippen LogP contribution in [0.4, 0.5) is 0 Å². The predicted octanol–water partition coefficient (Wildman–Crippen LogP) is 2.63. The van der Waals surface area contributed by atoms with Gasteiger partial charge in [-0.2, -0.15) is 0 Å². The van der Waals surface area contributed by atoms with E-state index in [2.05, 4.69) is 4.90 Å². The second kappa shape index (κ2) is 6.58. The Morgan fingerprint density at radius 1 is 1.48 bits per heavy atom. The molecule has 0 aromatic heterocycles. The number of benzene rings is 1. The molecule has 0 amide bonds. The summed E-state index contributed by atoms with van der Waals surface area (Å²) in [5.74, 6) is 0.887. The molecule has 4 nitrogen and oxygen atoms in total. The van der Waals surface area contributed by atoms with E-state index in [0.29, 0.717) is 25.3 Å². The van der Waals surface area contributed by atoms with Crippen molar-refractivity contribution in [2.75, 3.05) is 19.7 Å². The molecule has 2 rings (SSSR count). The number of hydrogen-bond acceptors (Lipinski definition) is 4. The lowest BCUT2D eigenvalue weighted by atomic mass is 9.94. The molecule has 1 unspecified atom stereocenters. The maximum atomic E-state index is 11.6. The van der Waals surface area contributed by atoms with Gasteiger partial charge in [-0.05, 0) is 58.4 Å². The Hall–Kier alpha value is -1.39. The SMILES string of the molecule is CCOc1ccc(C(C)=O)cc1CN1CCCC(C)(O)C1. The molecule has 1 saturated heterocycles. The second-order valence-electron chi connectivity index (χ2n) is 6.12. The van der Waals surface area contributed by atoms with E-state index in [9.17, 15) is 9.90 Å². The number of ketones is 1. The van der Waals surface area contributed by atoms with Crippen LogP contribution in [-0.2, 0) is 6.54 Å². The first-order valence-corrected chi connectivity index (χ1v) is 7.63. The fourth-order valence-corrected chi connectivity index (χ4v) is 2.92. The molecule has 0 spiro atoms. The van der Waals surface area contributed by atoms with Gasteiger partial charge < -0.3 is 9.84 Å². The molecule has 1 aliphatic rings. The molecule has 1 fully saturated rings. The summed E-state index contributed by atoms with van der Waals surface area (Å²) in [6.45, 7) is 8.33. The van der Waals surface area contributed by atoms with Crippen molar-refractivity contribution in [2.45, 2.75) is 45.8 Å². The van der Waals surface area contributed by atoms with Crippen LogP contribution >= 0.6 is 0 Å². The highest BCUT2D eigenvalue weighted by atomic mass is 16.5. The molecule has 21 heavy (non-hydrogen) atoms. The molecule has 1 aromatic rings. The number of hydrogen-bond donors (Lipinski definition) is 1. The molecule has 1 heterocycles. The fourth-order valence-electron chi connectivity index (χ4n) is 2.92. The van der Waals surface area contributed by atoms with Gasteiger partial charge in [0.05, 0.1) is 12.2 Å². The Balaban J connectivity index is 2.20. The molecule has 1 aromatic carbocycles. The summed E-state index contributed by atoms with van der Waals surface area (Å²) in [7, 11) is 0. The number of likely N-dealkylation sites (tertiary alicyclic amines) is 1. The number of carbonyl (C=O) groups is 1. The van der Waals surface area contributed by atoms with Crippen LogP contribution in [0.1, 0.15) is 49.5 Å². The maximum absolute atomic E-state index is 11.6. The number of aliphatic hydroxyl groups is 1. The standard InChI is InChI=1S/C17H25NO3/c1-4-21-16-7-6-14(13(2)19)10-15(16)11-18-9-5-8-17(3,20)12-18/h6-7,10,20H,4-5,8-9,11-12H2,1-3H3. The molecule has 0 aliphatic carbocycles. The average Bonchev–Trinajstić information content (AvgIpc) is 2.39. The van der Waals surface area contributed by atoms with Crippen LogP contribution < -0.4 is 4.74 Å². The van der Waals surface area contributed by atoms with Gasteiger partial charge in [0.15, 0.2) is 5.78 Å². The number of ether oxygens (including phenoxy) is 1. The highest BCUT2D eigenvalue weighted by Crippen LogP contribution is 2.26. The largest absolute Gasteiger partial charge is 0.494 e. The minimum atomic E-state index is -0.623. The Labute approximate surface area is 126 Å². The van der Waals surface area contributed by atoms with Gasteiger partial charge in [0.1, 0.15) is 5.75 Å². The number of rotatable bonds is 5. The van der Waals surface area contributed by atoms with E-state index >= 15 is 0 Å². The van der Waals surface area contributed by atoms with E-state index in [1.54, 1.807) is 6.92 Å². The zero-order chi connectivity index (χ0) is 15.5. The molecule has 1 N–H and O–H groups in total. The summed E-state index contributed by atoms with van der Waals surface area (Å²) in [5.41, 5.74) is 1.10. The van der Waals surface area contributed by atoms with Gasteiger partial charge >= 0.3 is 0 Å². The highest BCUT2D eigenvalue weighted by Gasteiger charge is 2.28. The first kappa shape index (κ1) is 16.0. The summed E-state index contributed by atoms with van der Waals surface area (Å²) in [6.07, 6.45) is 1.83. The number of carbonyl (C=O) groups excluding carboxylic acids is 1. The van der Waals surface area contributed by atoms with Gasteiger partial charge in [-0.25, -0.2) is 0 Å². The third kappa shape index (κ3) is 4.29. The minimum Gasteiger partial charge on any atom is -0.494 e. The third-order valence-electron chi connectivity index (χ3n) is 3.91. The van der Waals surface area contributed by atoms with Crippen LogP contribution in [0, 0.1) is 0 Å². The van der Waals surface area contributed by atoms with Crippen molar-refractivity contribution in [3.8, 4) is 5.75 Å². The molecule has 0 bridgehead atoms. The molecular formula is C17H25NO3. The fraction of sp³-hybridized carbons (Fsp3) is 0.588. The lowest BCUT2D eigenvalue weighted by molar-refractivity contribution is -0.0183. The number of Topliss-reactive ketones (excluding diaryl/α,β-unsaturated/α-hetero) is 1. The Kier molecular flexibility index (Phi) is 5.01. The van der Waals surface area contributed by atoms with E-state index in [1.165, 1.54) is 0 Å². The first-order chi connectivity index (χ1) is 9.91. The normalized spacial score (nSPS) is 23.0. The molecule has 116 valence electrons. The van der Waals surface area contributed by atoms with Gasteiger partial charge in [0, 0.05) is 24.2 Å². The van der Waals surface area contributed by atoms with Crippen molar-refractivity contribution in [1.29, 1.82) is 0 Å². The van der Waals surface area contributed by atoms with E-state index < -0.39 is 5.60 Å². The van der Waals surface area contributed by atoms with Crippen LogP contribution in [0.15, 0.2) is 18.2 Å². The van der Waals surface area contributed by atoms with Crippen molar-refractivity contribution >= 4 is 5.78 Å². The molecule has 1 aliphatic heterocycles. The van der Waals surface area contributed by atoms with Crippen molar-refractivity contribution in [3.05, 3.63) is 29.3 Å². The van der Waals surface area contributed by atoms with Crippen LogP contribution in [-0.4, -0.2) is 41.1 Å². The number of nitrogens with zero attached hydrogens (tertiary/aromatic N) is 1. The monoisotopic (exact) mass is 291 g/mol. The lowest BCUT2D eigenvalue weighted by Gasteiger charge is -2.37. The number of piperidine rings is 1. The quantitative estimate of drug-likeness (QED) is 0.847. The minimum absolute atomic E-state index is 0.0601. The van der Waals surface area contributed by atoms with Crippen LogP contribution in [0.5, 0.6) is 5.75 Å². The third-order valence-corrected chi connectivity index (χ3v) is 3.91. The topological polar surface area (TPSA) is 49.8 Å².